The standard InChI is InChI=1S/C71H55F3N4/c1-40-17-41(2)22-54(21-40)50-9-13-60-61-14-10-51(55-23-42(3)18-43(4)24-55)35-65(61)77(64(60)34-50)68-31-49(39-76)32-69(70(68)58-29-48(38-75)30-59(33-58)71(72,73)74)78-66-36-52(56-25-44(5)19-45(6)26-56)11-15-62(66)63-16-12-53(37-67(63)78)57-27-46(7)20-47(8)28-57/h9-25,27,29-37H,26,28H2,1-8H3. The van der Waals surface area contributed by atoms with Gasteiger partial charge in [0, 0.05) is 27.1 Å². The van der Waals surface area contributed by atoms with Crippen molar-refractivity contribution in [1.82, 2.24) is 9.13 Å². The summed E-state index contributed by atoms with van der Waals surface area (Å²) in [6.07, 6.45) is 5.57. The van der Waals surface area contributed by atoms with Crippen molar-refractivity contribution in [3.05, 3.63) is 236 Å². The third-order valence-electron chi connectivity index (χ3n) is 15.5. The predicted octanol–water partition coefficient (Wildman–Crippen LogP) is 17.8. The van der Waals surface area contributed by atoms with Gasteiger partial charge < -0.3 is 9.13 Å². The first-order valence-electron chi connectivity index (χ1n) is 26.4. The predicted molar refractivity (Wildman–Crippen MR) is 315 cm³/mol. The van der Waals surface area contributed by atoms with Crippen molar-refractivity contribution in [1.29, 1.82) is 10.5 Å². The van der Waals surface area contributed by atoms with Crippen LogP contribution in [-0.2, 0) is 6.18 Å². The minimum absolute atomic E-state index is 0.136. The molecule has 2 aromatic heterocycles. The lowest BCUT2D eigenvalue weighted by atomic mass is 9.94. The monoisotopic (exact) mass is 1020 g/mol. The number of allylic oxidation sites excluding steroid dienone is 8. The zero-order chi connectivity index (χ0) is 54.5. The van der Waals surface area contributed by atoms with Crippen LogP contribution in [0.4, 0.5) is 13.2 Å². The van der Waals surface area contributed by atoms with Gasteiger partial charge in [0.2, 0.25) is 0 Å². The molecule has 78 heavy (non-hydrogen) atoms. The molecule has 7 heteroatoms. The summed E-state index contributed by atoms with van der Waals surface area (Å²) in [7, 11) is 0. The van der Waals surface area contributed by atoms with Gasteiger partial charge in [-0.05, 0) is 172 Å². The fraction of sp³-hybridized carbons (Fsp3) is 0.155. The van der Waals surface area contributed by atoms with E-state index in [1.807, 2.05) is 12.1 Å². The number of aryl methyl sites for hydroxylation is 4. The van der Waals surface area contributed by atoms with Gasteiger partial charge in [-0.2, -0.15) is 23.7 Å². The number of fused-ring (bicyclic) bond motifs is 6. The first kappa shape index (κ1) is 49.7. The van der Waals surface area contributed by atoms with E-state index in [0.717, 1.165) is 146 Å². The molecule has 8 aromatic carbocycles. The maximum Gasteiger partial charge on any atom is 0.416 e. The summed E-state index contributed by atoms with van der Waals surface area (Å²) in [6, 6.07) is 50.7. The molecule has 10 aromatic rings. The van der Waals surface area contributed by atoms with Crippen LogP contribution in [0.2, 0.25) is 0 Å². The molecule has 2 aliphatic carbocycles. The highest BCUT2D eigenvalue weighted by atomic mass is 19.4. The van der Waals surface area contributed by atoms with E-state index < -0.39 is 11.7 Å². The van der Waals surface area contributed by atoms with Crippen molar-refractivity contribution >= 4 is 54.8 Å². The Morgan fingerprint density at radius 2 is 0.795 bits per heavy atom. The van der Waals surface area contributed by atoms with Crippen LogP contribution in [0.25, 0.3) is 99.5 Å². The van der Waals surface area contributed by atoms with Gasteiger partial charge >= 0.3 is 6.18 Å². The topological polar surface area (TPSA) is 57.4 Å². The molecule has 2 aliphatic rings. The molecule has 0 spiro atoms. The molecule has 0 aliphatic heterocycles. The molecular formula is C71H55F3N4. The fourth-order valence-electron chi connectivity index (χ4n) is 12.5. The number of nitriles is 2. The van der Waals surface area contributed by atoms with E-state index in [1.165, 1.54) is 11.1 Å². The summed E-state index contributed by atoms with van der Waals surface area (Å²) >= 11 is 0. The normalized spacial score (nSPS) is 15.3. The van der Waals surface area contributed by atoms with Crippen molar-refractivity contribution in [3.8, 4) is 56.9 Å². The second-order valence-electron chi connectivity index (χ2n) is 21.9. The number of alkyl halides is 3. The van der Waals surface area contributed by atoms with Crippen LogP contribution in [-0.4, -0.2) is 9.13 Å². The van der Waals surface area contributed by atoms with Crippen LogP contribution in [0.3, 0.4) is 0 Å². The molecule has 0 fully saturated rings. The summed E-state index contributed by atoms with van der Waals surface area (Å²) in [5.41, 5.74) is 19.6. The van der Waals surface area contributed by atoms with E-state index in [1.54, 1.807) is 6.07 Å². The van der Waals surface area contributed by atoms with E-state index in [-0.39, 0.29) is 11.1 Å². The summed E-state index contributed by atoms with van der Waals surface area (Å²) in [5.74, 6) is 0. The number of nitrogens with zero attached hydrogens (tertiary/aromatic N) is 4. The Morgan fingerprint density at radius 1 is 0.397 bits per heavy atom. The van der Waals surface area contributed by atoms with Gasteiger partial charge in [0.1, 0.15) is 0 Å². The zero-order valence-corrected chi connectivity index (χ0v) is 44.9. The van der Waals surface area contributed by atoms with E-state index in [0.29, 0.717) is 22.5 Å². The van der Waals surface area contributed by atoms with Crippen LogP contribution >= 0.6 is 0 Å². The molecule has 0 N–H and O–H groups in total. The third kappa shape index (κ3) is 8.86. The first-order valence-corrected chi connectivity index (χ1v) is 26.4. The highest BCUT2D eigenvalue weighted by Gasteiger charge is 2.33. The number of benzene rings is 8. The summed E-state index contributed by atoms with van der Waals surface area (Å²) in [6.45, 7) is 16.8. The second kappa shape index (κ2) is 18.8. The minimum Gasteiger partial charge on any atom is -0.308 e. The number of halogens is 3. The van der Waals surface area contributed by atoms with Crippen LogP contribution in [0.15, 0.2) is 186 Å². The third-order valence-corrected chi connectivity index (χ3v) is 15.5. The second-order valence-corrected chi connectivity index (χ2v) is 21.9. The number of hydrogen-bond acceptors (Lipinski definition) is 2. The average molecular weight is 1020 g/mol. The van der Waals surface area contributed by atoms with E-state index >= 15 is 13.2 Å². The molecule has 0 saturated heterocycles. The van der Waals surface area contributed by atoms with Crippen molar-refractivity contribution in [2.24, 2.45) is 0 Å². The van der Waals surface area contributed by atoms with Crippen LogP contribution in [0.1, 0.15) is 79.5 Å². The van der Waals surface area contributed by atoms with E-state index in [4.69, 9.17) is 0 Å². The van der Waals surface area contributed by atoms with Crippen molar-refractivity contribution in [2.75, 3.05) is 0 Å². The maximum atomic E-state index is 15.4. The minimum atomic E-state index is -4.79. The molecule has 4 nitrogen and oxygen atoms in total. The largest absolute Gasteiger partial charge is 0.416 e. The van der Waals surface area contributed by atoms with Gasteiger partial charge in [-0.15, -0.1) is 0 Å². The SMILES string of the molecule is CC1=CC(=c2ccc3c4ccc(=C5C=C(C)C=C(C)C5)cc4n(-c4cc(C#N)cc(-n5c6cc(-c7cc(C)cc(C)c7)ccc6c6ccc(-c7cc(C)cc(C)c7)cc65)c4-c4cc(C#N)cc(C(F)(F)F)c4)c3c2)CC(C)=C1. The van der Waals surface area contributed by atoms with Gasteiger partial charge in [-0.25, -0.2) is 0 Å². The highest BCUT2D eigenvalue weighted by Crippen LogP contribution is 2.46. The number of rotatable bonds is 5. The molecule has 0 amide bonds. The molecule has 0 radical (unpaired) electrons. The smallest absolute Gasteiger partial charge is 0.308 e. The Labute approximate surface area is 452 Å². The van der Waals surface area contributed by atoms with Gasteiger partial charge in [0.25, 0.3) is 0 Å². The van der Waals surface area contributed by atoms with Crippen molar-refractivity contribution in [3.63, 3.8) is 0 Å². The zero-order valence-electron chi connectivity index (χ0n) is 44.9. The molecular weight excluding hydrogens is 966 g/mol. The molecule has 12 rings (SSSR count). The van der Waals surface area contributed by atoms with Crippen LogP contribution in [0, 0.1) is 50.4 Å². The summed E-state index contributed by atoms with van der Waals surface area (Å²) in [4.78, 5) is 0. The van der Waals surface area contributed by atoms with Crippen molar-refractivity contribution in [2.45, 2.75) is 74.4 Å². The fourth-order valence-corrected chi connectivity index (χ4v) is 12.5. The maximum absolute atomic E-state index is 15.4. The van der Waals surface area contributed by atoms with Crippen LogP contribution in [0.5, 0.6) is 0 Å². The molecule has 0 unspecified atom stereocenters. The lowest BCUT2D eigenvalue weighted by molar-refractivity contribution is -0.137. The lowest BCUT2D eigenvalue weighted by Gasteiger charge is -2.22. The Balaban J connectivity index is 1.30. The molecule has 0 bridgehead atoms. The van der Waals surface area contributed by atoms with E-state index in [9.17, 15) is 10.5 Å². The van der Waals surface area contributed by atoms with Gasteiger partial charge in [-0.3, -0.25) is 0 Å². The number of hydrogen-bond donors (Lipinski definition) is 0. The number of aromatic nitrogens is 2. The molecule has 0 saturated carbocycles. The van der Waals surface area contributed by atoms with Crippen LogP contribution < -0.4 is 10.4 Å². The Bertz CT molecular complexity index is 4380. The highest BCUT2D eigenvalue weighted by molar-refractivity contribution is 6.13. The average Bonchev–Trinajstić information content (AvgIpc) is 4.05. The van der Waals surface area contributed by atoms with E-state index in [2.05, 4.69) is 210 Å². The van der Waals surface area contributed by atoms with Crippen molar-refractivity contribution < 1.29 is 13.2 Å². The Hall–Kier alpha value is -9.17. The van der Waals surface area contributed by atoms with Gasteiger partial charge in [-0.1, -0.05) is 154 Å². The summed E-state index contributed by atoms with van der Waals surface area (Å²) in [5, 5.41) is 27.8. The molecule has 0 atom stereocenters. The lowest BCUT2D eigenvalue weighted by Crippen LogP contribution is -2.11. The molecule has 2 heterocycles. The molecule has 380 valence electrons. The van der Waals surface area contributed by atoms with Gasteiger partial charge in [0.15, 0.2) is 0 Å². The van der Waals surface area contributed by atoms with Gasteiger partial charge in [0.05, 0.1) is 62.3 Å². The quantitative estimate of drug-likeness (QED) is 0.172. The Morgan fingerprint density at radius 3 is 1.19 bits per heavy atom. The Kier molecular flexibility index (Phi) is 12.0. The first-order chi connectivity index (χ1) is 37.4. The summed E-state index contributed by atoms with van der Waals surface area (Å²) < 4.78 is 50.5.